The van der Waals surface area contributed by atoms with Crippen LogP contribution in [-0.2, 0) is 0 Å². The lowest BCUT2D eigenvalue weighted by Gasteiger charge is -2.17. The number of benzene rings is 1. The highest BCUT2D eigenvalue weighted by molar-refractivity contribution is 6.34. The van der Waals surface area contributed by atoms with Crippen LogP contribution in [0.25, 0.3) is 0 Å². The number of amides is 1. The lowest BCUT2D eigenvalue weighted by atomic mass is 10.1. The van der Waals surface area contributed by atoms with Crippen LogP contribution in [0.5, 0.6) is 0 Å². The molecule has 1 aliphatic heterocycles. The predicted octanol–water partition coefficient (Wildman–Crippen LogP) is 2.55. The third kappa shape index (κ3) is 3.25. The van der Waals surface area contributed by atoms with Crippen molar-refractivity contribution in [3.63, 3.8) is 0 Å². The Labute approximate surface area is 125 Å². The second-order valence-corrected chi connectivity index (χ2v) is 6.17. The fraction of sp³-hybridized carbons (Fsp3) is 0.533. The zero-order valence-corrected chi connectivity index (χ0v) is 13.2. The molecule has 1 fully saturated rings. The fourth-order valence-electron chi connectivity index (χ4n) is 2.55. The number of hydrogen-bond donors (Lipinski definition) is 1. The van der Waals surface area contributed by atoms with Crippen LogP contribution < -0.4 is 5.32 Å². The molecule has 5 heteroatoms. The van der Waals surface area contributed by atoms with Crippen molar-refractivity contribution in [1.29, 1.82) is 0 Å². The third-order valence-corrected chi connectivity index (χ3v) is 4.19. The van der Waals surface area contributed by atoms with Gasteiger partial charge in [-0.2, -0.15) is 0 Å². The molecule has 2 unspecified atom stereocenters. The van der Waals surface area contributed by atoms with Crippen molar-refractivity contribution < 1.29 is 4.79 Å². The van der Waals surface area contributed by atoms with E-state index in [1.807, 2.05) is 12.1 Å². The van der Waals surface area contributed by atoms with Crippen molar-refractivity contribution in [2.75, 3.05) is 33.0 Å². The van der Waals surface area contributed by atoms with Gasteiger partial charge >= 0.3 is 0 Å². The van der Waals surface area contributed by atoms with Gasteiger partial charge in [-0.3, -0.25) is 4.79 Å². The Bertz CT molecular complexity index is 494. The van der Waals surface area contributed by atoms with Gasteiger partial charge in [0.05, 0.1) is 10.6 Å². The summed E-state index contributed by atoms with van der Waals surface area (Å²) in [5.74, 6) is -0.0736. The van der Waals surface area contributed by atoms with Gasteiger partial charge in [-0.15, -0.1) is 0 Å². The number of rotatable bonds is 3. The summed E-state index contributed by atoms with van der Waals surface area (Å²) >= 11 is 6.11. The van der Waals surface area contributed by atoms with Crippen molar-refractivity contribution in [2.45, 2.75) is 25.4 Å². The van der Waals surface area contributed by atoms with Gasteiger partial charge in [0.25, 0.3) is 5.91 Å². The summed E-state index contributed by atoms with van der Waals surface area (Å²) in [6.07, 6.45) is 1.11. The maximum absolute atomic E-state index is 12.1. The van der Waals surface area contributed by atoms with Gasteiger partial charge in [0.15, 0.2) is 0 Å². The van der Waals surface area contributed by atoms with E-state index in [9.17, 15) is 4.79 Å². The van der Waals surface area contributed by atoms with E-state index >= 15 is 0 Å². The van der Waals surface area contributed by atoms with E-state index in [0.717, 1.165) is 18.7 Å². The molecule has 1 saturated heterocycles. The molecule has 1 aromatic rings. The molecule has 0 spiro atoms. The molecule has 0 aliphatic carbocycles. The van der Waals surface area contributed by atoms with E-state index < -0.39 is 0 Å². The van der Waals surface area contributed by atoms with Crippen LogP contribution in [0.2, 0.25) is 5.02 Å². The van der Waals surface area contributed by atoms with Crippen LogP contribution in [-0.4, -0.2) is 55.5 Å². The molecular formula is C15H22ClN3O. The molecule has 2 rings (SSSR count). The number of nitrogens with one attached hydrogen (secondary N) is 1. The highest BCUT2D eigenvalue weighted by Gasteiger charge is 2.26. The molecule has 1 N–H and O–H groups in total. The number of anilines is 1. The number of carbonyl (C=O) groups excluding carboxylic acids is 1. The molecular weight excluding hydrogens is 274 g/mol. The maximum Gasteiger partial charge on any atom is 0.254 e. The zero-order valence-electron chi connectivity index (χ0n) is 12.5. The van der Waals surface area contributed by atoms with Crippen molar-refractivity contribution in [1.82, 2.24) is 9.80 Å². The van der Waals surface area contributed by atoms with Crippen LogP contribution in [0.1, 0.15) is 23.7 Å². The first-order chi connectivity index (χ1) is 9.38. The quantitative estimate of drug-likeness (QED) is 0.931. The maximum atomic E-state index is 12.1. The number of carbonyl (C=O) groups is 1. The number of nitrogens with zero attached hydrogens (tertiary/aromatic N) is 2. The van der Waals surface area contributed by atoms with Crippen molar-refractivity contribution in [3.8, 4) is 0 Å². The number of likely N-dealkylation sites (N-methyl/N-ethyl adjacent to an activating group) is 1. The van der Waals surface area contributed by atoms with E-state index in [0.29, 0.717) is 22.7 Å². The molecule has 0 bridgehead atoms. The van der Waals surface area contributed by atoms with Gasteiger partial charge in [-0.1, -0.05) is 11.6 Å². The average Bonchev–Trinajstić information content (AvgIpc) is 2.69. The van der Waals surface area contributed by atoms with Crippen LogP contribution in [0.4, 0.5) is 5.69 Å². The van der Waals surface area contributed by atoms with Crippen molar-refractivity contribution in [3.05, 3.63) is 28.8 Å². The van der Waals surface area contributed by atoms with E-state index in [1.165, 1.54) is 4.90 Å². The number of hydrogen-bond acceptors (Lipinski definition) is 3. The summed E-state index contributed by atoms with van der Waals surface area (Å²) in [6.45, 7) is 3.24. The Morgan fingerprint density at radius 2 is 2.15 bits per heavy atom. The largest absolute Gasteiger partial charge is 0.381 e. The standard InChI is InChI=1S/C15H22ClN3O/c1-10-7-12(9-19(10)4)17-11-5-6-14(16)13(8-11)15(20)18(2)3/h5-6,8,10,12,17H,7,9H2,1-4H3. The minimum absolute atomic E-state index is 0.0736. The fourth-order valence-corrected chi connectivity index (χ4v) is 2.75. The SMILES string of the molecule is CC1CC(Nc2ccc(Cl)c(C(=O)N(C)C)c2)CN1C. The average molecular weight is 296 g/mol. The van der Waals surface area contributed by atoms with Gasteiger partial charge < -0.3 is 15.1 Å². The Hall–Kier alpha value is -1.26. The van der Waals surface area contributed by atoms with Gasteiger partial charge in [0.2, 0.25) is 0 Å². The summed E-state index contributed by atoms with van der Waals surface area (Å²) in [5, 5.41) is 3.98. The molecule has 4 nitrogen and oxygen atoms in total. The molecule has 20 heavy (non-hydrogen) atoms. The van der Waals surface area contributed by atoms with E-state index in [4.69, 9.17) is 11.6 Å². The zero-order chi connectivity index (χ0) is 14.9. The molecule has 0 radical (unpaired) electrons. The molecule has 110 valence electrons. The monoisotopic (exact) mass is 295 g/mol. The molecule has 0 saturated carbocycles. The summed E-state index contributed by atoms with van der Waals surface area (Å²) in [5.41, 5.74) is 1.49. The lowest BCUT2D eigenvalue weighted by molar-refractivity contribution is 0.0828. The number of likely N-dealkylation sites (tertiary alicyclic amines) is 1. The molecule has 1 aromatic carbocycles. The van der Waals surface area contributed by atoms with Crippen LogP contribution in [0.15, 0.2) is 18.2 Å². The van der Waals surface area contributed by atoms with Gasteiger partial charge in [0, 0.05) is 38.4 Å². The Kier molecular flexibility index (Phi) is 4.55. The first-order valence-corrected chi connectivity index (χ1v) is 7.24. The molecule has 0 aromatic heterocycles. The molecule has 1 amide bonds. The van der Waals surface area contributed by atoms with Crippen LogP contribution in [0, 0.1) is 0 Å². The second kappa shape index (κ2) is 6.02. The normalized spacial score (nSPS) is 22.9. The Balaban J connectivity index is 2.14. The topological polar surface area (TPSA) is 35.6 Å². The Morgan fingerprint density at radius 1 is 1.45 bits per heavy atom. The minimum Gasteiger partial charge on any atom is -0.381 e. The van der Waals surface area contributed by atoms with Crippen molar-refractivity contribution in [2.24, 2.45) is 0 Å². The summed E-state index contributed by atoms with van der Waals surface area (Å²) in [6, 6.07) is 6.55. The first-order valence-electron chi connectivity index (χ1n) is 6.86. The van der Waals surface area contributed by atoms with E-state index in [-0.39, 0.29) is 5.91 Å². The summed E-state index contributed by atoms with van der Waals surface area (Å²) < 4.78 is 0. The van der Waals surface area contributed by atoms with Gasteiger partial charge in [-0.05, 0) is 38.6 Å². The van der Waals surface area contributed by atoms with Gasteiger partial charge in [0.1, 0.15) is 0 Å². The van der Waals surface area contributed by atoms with Crippen molar-refractivity contribution >= 4 is 23.2 Å². The minimum atomic E-state index is -0.0736. The predicted molar refractivity (Wildman–Crippen MR) is 83.6 cm³/mol. The first kappa shape index (κ1) is 15.1. The number of halogens is 1. The highest BCUT2D eigenvalue weighted by Crippen LogP contribution is 2.24. The summed E-state index contributed by atoms with van der Waals surface area (Å²) in [7, 11) is 5.59. The molecule has 1 aliphatic rings. The van der Waals surface area contributed by atoms with E-state index in [2.05, 4.69) is 24.2 Å². The Morgan fingerprint density at radius 3 is 2.70 bits per heavy atom. The van der Waals surface area contributed by atoms with Gasteiger partial charge in [-0.25, -0.2) is 0 Å². The lowest BCUT2D eigenvalue weighted by Crippen LogP contribution is -2.25. The van der Waals surface area contributed by atoms with Crippen LogP contribution >= 0.6 is 11.6 Å². The molecule has 2 atom stereocenters. The summed E-state index contributed by atoms with van der Waals surface area (Å²) in [4.78, 5) is 15.9. The second-order valence-electron chi connectivity index (χ2n) is 5.76. The van der Waals surface area contributed by atoms with E-state index in [1.54, 1.807) is 20.2 Å². The third-order valence-electron chi connectivity index (χ3n) is 3.86. The smallest absolute Gasteiger partial charge is 0.254 e. The van der Waals surface area contributed by atoms with Crippen LogP contribution in [0.3, 0.4) is 0 Å². The molecule has 1 heterocycles. The highest BCUT2D eigenvalue weighted by atomic mass is 35.5.